The molecular formula is C25H24ClN3O2. The molecule has 0 saturated carbocycles. The van der Waals surface area contributed by atoms with Crippen LogP contribution in [0.25, 0.3) is 11.0 Å². The van der Waals surface area contributed by atoms with E-state index in [-0.39, 0.29) is 11.9 Å². The summed E-state index contributed by atoms with van der Waals surface area (Å²) in [4.78, 5) is 17.6. The number of methoxy groups -OCH3 is 1. The number of rotatable bonds is 7. The van der Waals surface area contributed by atoms with Crippen LogP contribution in [0.5, 0.6) is 5.75 Å². The van der Waals surface area contributed by atoms with Gasteiger partial charge in [0, 0.05) is 23.2 Å². The first kappa shape index (κ1) is 20.9. The monoisotopic (exact) mass is 433 g/mol. The number of ether oxygens (including phenoxy) is 1. The Bertz CT molecular complexity index is 1190. The van der Waals surface area contributed by atoms with Crippen LogP contribution in [0, 0.1) is 0 Å². The zero-order valence-electron chi connectivity index (χ0n) is 17.5. The van der Waals surface area contributed by atoms with Gasteiger partial charge < -0.3 is 14.6 Å². The minimum absolute atomic E-state index is 0.164. The van der Waals surface area contributed by atoms with Crippen molar-refractivity contribution in [1.29, 1.82) is 0 Å². The van der Waals surface area contributed by atoms with Gasteiger partial charge >= 0.3 is 0 Å². The van der Waals surface area contributed by atoms with Gasteiger partial charge in [-0.05, 0) is 55.3 Å². The van der Waals surface area contributed by atoms with Crippen LogP contribution in [0.3, 0.4) is 0 Å². The Morgan fingerprint density at radius 1 is 1.10 bits per heavy atom. The normalized spacial score (nSPS) is 12.0. The number of aryl methyl sites for hydroxylation is 2. The van der Waals surface area contributed by atoms with Crippen molar-refractivity contribution in [3.63, 3.8) is 0 Å². The largest absolute Gasteiger partial charge is 0.497 e. The van der Waals surface area contributed by atoms with Crippen molar-refractivity contribution in [3.05, 3.63) is 94.8 Å². The zero-order chi connectivity index (χ0) is 21.8. The zero-order valence-corrected chi connectivity index (χ0v) is 18.3. The summed E-state index contributed by atoms with van der Waals surface area (Å²) in [5.41, 5.74) is 3.66. The van der Waals surface area contributed by atoms with Crippen molar-refractivity contribution in [1.82, 2.24) is 14.9 Å². The molecule has 1 aromatic heterocycles. The van der Waals surface area contributed by atoms with Gasteiger partial charge in [0.1, 0.15) is 11.6 Å². The van der Waals surface area contributed by atoms with E-state index in [2.05, 4.69) is 22.0 Å². The highest BCUT2D eigenvalue weighted by Crippen LogP contribution is 2.26. The van der Waals surface area contributed by atoms with E-state index in [0.29, 0.717) is 10.6 Å². The maximum Gasteiger partial charge on any atom is 0.251 e. The Labute approximate surface area is 186 Å². The second-order valence-electron chi connectivity index (χ2n) is 7.41. The van der Waals surface area contributed by atoms with E-state index in [1.807, 2.05) is 43.3 Å². The molecule has 0 radical (unpaired) electrons. The Kier molecular flexibility index (Phi) is 6.23. The van der Waals surface area contributed by atoms with Crippen LogP contribution >= 0.6 is 11.6 Å². The molecule has 4 rings (SSSR count). The summed E-state index contributed by atoms with van der Waals surface area (Å²) in [6, 6.07) is 22.7. The third-order valence-corrected chi connectivity index (χ3v) is 5.55. The van der Waals surface area contributed by atoms with Gasteiger partial charge in [0.2, 0.25) is 0 Å². The van der Waals surface area contributed by atoms with Gasteiger partial charge in [0.25, 0.3) is 5.91 Å². The van der Waals surface area contributed by atoms with Crippen LogP contribution < -0.4 is 10.1 Å². The van der Waals surface area contributed by atoms with Gasteiger partial charge in [0.15, 0.2) is 0 Å². The number of aromatic nitrogens is 2. The number of amides is 1. The lowest BCUT2D eigenvalue weighted by Gasteiger charge is -2.17. The van der Waals surface area contributed by atoms with Crippen LogP contribution in [0.4, 0.5) is 0 Å². The van der Waals surface area contributed by atoms with Gasteiger partial charge in [-0.1, -0.05) is 41.9 Å². The number of nitrogens with one attached hydrogen (secondary N) is 1. The van der Waals surface area contributed by atoms with Gasteiger partial charge in [-0.25, -0.2) is 4.98 Å². The minimum atomic E-state index is -0.280. The number of nitrogens with zero attached hydrogens (tertiary/aromatic N) is 2. The molecule has 1 heterocycles. The van der Waals surface area contributed by atoms with Crippen LogP contribution in [-0.2, 0) is 13.0 Å². The highest BCUT2D eigenvalue weighted by Gasteiger charge is 2.19. The molecule has 1 amide bonds. The van der Waals surface area contributed by atoms with Crippen molar-refractivity contribution < 1.29 is 9.53 Å². The first-order valence-corrected chi connectivity index (χ1v) is 10.6. The van der Waals surface area contributed by atoms with Gasteiger partial charge in [-0.15, -0.1) is 0 Å². The fourth-order valence-electron chi connectivity index (χ4n) is 3.65. The smallest absolute Gasteiger partial charge is 0.251 e. The molecule has 1 N–H and O–H groups in total. The quantitative estimate of drug-likeness (QED) is 0.422. The average molecular weight is 434 g/mol. The van der Waals surface area contributed by atoms with E-state index in [9.17, 15) is 4.79 Å². The van der Waals surface area contributed by atoms with Crippen molar-refractivity contribution in [3.8, 4) is 5.75 Å². The summed E-state index contributed by atoms with van der Waals surface area (Å²) in [5, 5.41) is 3.66. The lowest BCUT2D eigenvalue weighted by atomic mass is 10.1. The fourth-order valence-corrected chi connectivity index (χ4v) is 3.77. The van der Waals surface area contributed by atoms with Crippen molar-refractivity contribution in [2.45, 2.75) is 25.9 Å². The van der Waals surface area contributed by atoms with Crippen LogP contribution in [0.15, 0.2) is 72.8 Å². The number of imidazole rings is 1. The number of hydrogen-bond acceptors (Lipinski definition) is 3. The lowest BCUT2D eigenvalue weighted by molar-refractivity contribution is 0.0937. The standard InChI is InChI=1S/C25H24ClN3O2/c1-17(27-25(30)19-8-10-20(26)11-9-19)24-28-22-13-12-21(31-2)16-23(22)29(24)15-14-18-6-4-3-5-7-18/h3-13,16-17H,14-15H2,1-2H3,(H,27,30). The van der Waals surface area contributed by atoms with Gasteiger partial charge in [0.05, 0.1) is 24.2 Å². The van der Waals surface area contributed by atoms with E-state index >= 15 is 0 Å². The molecule has 0 saturated heterocycles. The number of benzene rings is 3. The summed E-state index contributed by atoms with van der Waals surface area (Å²) in [6.07, 6.45) is 0.856. The lowest BCUT2D eigenvalue weighted by Crippen LogP contribution is -2.28. The molecule has 0 spiro atoms. The summed E-state index contributed by atoms with van der Waals surface area (Å²) < 4.78 is 7.58. The molecule has 1 unspecified atom stereocenters. The van der Waals surface area contributed by atoms with Crippen molar-refractivity contribution >= 4 is 28.5 Å². The highest BCUT2D eigenvalue weighted by atomic mass is 35.5. The number of fused-ring (bicyclic) bond motifs is 1. The third-order valence-electron chi connectivity index (χ3n) is 5.29. The van der Waals surface area contributed by atoms with E-state index < -0.39 is 0 Å². The SMILES string of the molecule is COc1ccc2nc(C(C)NC(=O)c3ccc(Cl)cc3)n(CCc3ccccc3)c2c1. The molecule has 1 atom stereocenters. The highest BCUT2D eigenvalue weighted by molar-refractivity contribution is 6.30. The van der Waals surface area contributed by atoms with Gasteiger partial charge in [-0.2, -0.15) is 0 Å². The number of halogens is 1. The molecule has 0 aliphatic carbocycles. The Morgan fingerprint density at radius 3 is 2.55 bits per heavy atom. The number of carbonyl (C=O) groups is 1. The van der Waals surface area contributed by atoms with Crippen molar-refractivity contribution in [2.75, 3.05) is 7.11 Å². The Balaban J connectivity index is 1.64. The summed E-state index contributed by atoms with van der Waals surface area (Å²) in [6.45, 7) is 2.69. The molecule has 0 bridgehead atoms. The predicted octanol–water partition coefficient (Wildman–Crippen LogP) is 5.43. The molecule has 0 aliphatic heterocycles. The maximum absolute atomic E-state index is 12.7. The molecule has 158 valence electrons. The first-order valence-electron chi connectivity index (χ1n) is 10.2. The number of hydrogen-bond donors (Lipinski definition) is 1. The third kappa shape index (κ3) is 4.72. The second-order valence-corrected chi connectivity index (χ2v) is 7.85. The molecule has 0 aliphatic rings. The summed E-state index contributed by atoms with van der Waals surface area (Å²) >= 11 is 5.94. The molecule has 6 heteroatoms. The summed E-state index contributed by atoms with van der Waals surface area (Å²) in [7, 11) is 1.65. The molecule has 0 fully saturated rings. The van der Waals surface area contributed by atoms with Gasteiger partial charge in [-0.3, -0.25) is 4.79 Å². The topological polar surface area (TPSA) is 56.1 Å². The Hall–Kier alpha value is -3.31. The minimum Gasteiger partial charge on any atom is -0.497 e. The molecule has 5 nitrogen and oxygen atoms in total. The molecule has 4 aromatic rings. The van der Waals surface area contributed by atoms with E-state index in [1.165, 1.54) is 5.56 Å². The average Bonchev–Trinajstić information content (AvgIpc) is 3.16. The Morgan fingerprint density at radius 2 is 1.84 bits per heavy atom. The fraction of sp³-hybridized carbons (Fsp3) is 0.200. The van der Waals surface area contributed by atoms with E-state index in [1.54, 1.807) is 31.4 Å². The second kappa shape index (κ2) is 9.23. The van der Waals surface area contributed by atoms with E-state index in [0.717, 1.165) is 35.6 Å². The summed E-state index contributed by atoms with van der Waals surface area (Å²) in [5.74, 6) is 1.42. The first-order chi connectivity index (χ1) is 15.0. The van der Waals surface area contributed by atoms with Crippen molar-refractivity contribution in [2.24, 2.45) is 0 Å². The molecule has 31 heavy (non-hydrogen) atoms. The molecule has 3 aromatic carbocycles. The molecular weight excluding hydrogens is 410 g/mol. The number of carbonyl (C=O) groups excluding carboxylic acids is 1. The van der Waals surface area contributed by atoms with Crippen LogP contribution in [0.1, 0.15) is 34.7 Å². The van der Waals surface area contributed by atoms with Crippen LogP contribution in [-0.4, -0.2) is 22.6 Å². The van der Waals surface area contributed by atoms with Crippen LogP contribution in [0.2, 0.25) is 5.02 Å². The predicted molar refractivity (Wildman–Crippen MR) is 124 cm³/mol. The maximum atomic E-state index is 12.7. The van der Waals surface area contributed by atoms with E-state index in [4.69, 9.17) is 21.3 Å².